The number of benzene rings is 1. The fraction of sp³-hybridized carbons (Fsp3) is 0.125. The van der Waals surface area contributed by atoms with Crippen molar-refractivity contribution in [2.24, 2.45) is 0 Å². The molecule has 0 unspecified atom stereocenters. The van der Waals surface area contributed by atoms with Gasteiger partial charge >= 0.3 is 0 Å². The minimum atomic E-state index is -0.555. The summed E-state index contributed by atoms with van der Waals surface area (Å²) in [5.41, 5.74) is 5.78. The first kappa shape index (κ1) is 12.4. The standard InChI is InChI=1S/C8H8N2O3.ClH/c1-5(11)7-3-2-6(10(12)13)4-8(7)9;/h2-4H,9H2,1H3;1H. The van der Waals surface area contributed by atoms with Crippen LogP contribution in [0.3, 0.4) is 0 Å². The Morgan fingerprint density at radius 1 is 1.50 bits per heavy atom. The van der Waals surface area contributed by atoms with Crippen LogP contribution in [0.15, 0.2) is 18.2 Å². The van der Waals surface area contributed by atoms with E-state index < -0.39 is 4.92 Å². The number of nitrogen functional groups attached to an aromatic ring is 1. The molecular formula is C8H9ClN2O3. The Balaban J connectivity index is 0.00000169. The predicted molar refractivity (Wildman–Crippen MR) is 54.8 cm³/mol. The van der Waals surface area contributed by atoms with Crippen molar-refractivity contribution in [3.05, 3.63) is 33.9 Å². The quantitative estimate of drug-likeness (QED) is 0.353. The minimum Gasteiger partial charge on any atom is -0.398 e. The van der Waals surface area contributed by atoms with Crippen molar-refractivity contribution < 1.29 is 9.72 Å². The van der Waals surface area contributed by atoms with Gasteiger partial charge in [-0.05, 0) is 13.0 Å². The number of nitrogens with zero attached hydrogens (tertiary/aromatic N) is 1. The summed E-state index contributed by atoms with van der Waals surface area (Å²) in [6.45, 7) is 1.36. The third-order valence-corrected chi connectivity index (χ3v) is 1.63. The smallest absolute Gasteiger partial charge is 0.271 e. The third kappa shape index (κ3) is 2.43. The minimum absolute atomic E-state index is 0. The molecule has 0 bridgehead atoms. The molecule has 76 valence electrons. The Kier molecular flexibility index (Phi) is 4.04. The Bertz CT molecular complexity index is 379. The summed E-state index contributed by atoms with van der Waals surface area (Å²) in [5.74, 6) is -0.201. The lowest BCUT2D eigenvalue weighted by Crippen LogP contribution is -2.00. The number of rotatable bonds is 2. The molecule has 0 amide bonds. The van der Waals surface area contributed by atoms with Crippen LogP contribution in [-0.4, -0.2) is 10.7 Å². The largest absolute Gasteiger partial charge is 0.398 e. The molecule has 14 heavy (non-hydrogen) atoms. The van der Waals surface area contributed by atoms with Crippen LogP contribution >= 0.6 is 12.4 Å². The van der Waals surface area contributed by atoms with Crippen molar-refractivity contribution in [1.29, 1.82) is 0 Å². The van der Waals surface area contributed by atoms with Gasteiger partial charge in [0.2, 0.25) is 0 Å². The lowest BCUT2D eigenvalue weighted by Gasteiger charge is -1.99. The second-order valence-corrected chi connectivity index (χ2v) is 2.58. The Morgan fingerprint density at radius 2 is 2.07 bits per heavy atom. The molecule has 0 aliphatic carbocycles. The van der Waals surface area contributed by atoms with Crippen molar-refractivity contribution in [1.82, 2.24) is 0 Å². The summed E-state index contributed by atoms with van der Waals surface area (Å²) in [6, 6.07) is 3.79. The molecule has 0 saturated carbocycles. The third-order valence-electron chi connectivity index (χ3n) is 1.63. The molecule has 6 heteroatoms. The number of hydrogen-bond acceptors (Lipinski definition) is 4. The first-order valence-corrected chi connectivity index (χ1v) is 3.57. The van der Waals surface area contributed by atoms with Gasteiger partial charge in [-0.1, -0.05) is 0 Å². The maximum atomic E-state index is 10.9. The molecule has 0 aliphatic rings. The predicted octanol–water partition coefficient (Wildman–Crippen LogP) is 1.80. The molecule has 1 rings (SSSR count). The van der Waals surface area contributed by atoms with Gasteiger partial charge in [-0.25, -0.2) is 0 Å². The number of non-ortho nitro benzene ring substituents is 1. The van der Waals surface area contributed by atoms with E-state index in [0.717, 1.165) is 0 Å². The first-order valence-electron chi connectivity index (χ1n) is 3.57. The highest BCUT2D eigenvalue weighted by atomic mass is 35.5. The normalized spacial score (nSPS) is 8.93. The number of Topliss-reactive ketones (excluding diaryl/α,β-unsaturated/α-hetero) is 1. The topological polar surface area (TPSA) is 86.2 Å². The van der Waals surface area contributed by atoms with Gasteiger partial charge in [0.1, 0.15) is 0 Å². The summed E-state index contributed by atoms with van der Waals surface area (Å²) < 4.78 is 0. The zero-order valence-corrected chi connectivity index (χ0v) is 8.21. The Hall–Kier alpha value is -1.62. The van der Waals surface area contributed by atoms with Crippen LogP contribution in [0.5, 0.6) is 0 Å². The molecule has 0 saturated heterocycles. The first-order chi connectivity index (χ1) is 6.02. The van der Waals surface area contributed by atoms with E-state index in [1.807, 2.05) is 0 Å². The van der Waals surface area contributed by atoms with Crippen LogP contribution in [0.4, 0.5) is 11.4 Å². The molecule has 1 aromatic carbocycles. The van der Waals surface area contributed by atoms with Gasteiger partial charge < -0.3 is 5.73 Å². The number of ketones is 1. The van der Waals surface area contributed by atoms with Gasteiger partial charge in [-0.15, -0.1) is 12.4 Å². The van der Waals surface area contributed by atoms with E-state index in [1.165, 1.54) is 25.1 Å². The van der Waals surface area contributed by atoms with E-state index in [2.05, 4.69) is 0 Å². The summed E-state index contributed by atoms with van der Waals surface area (Å²) >= 11 is 0. The monoisotopic (exact) mass is 216 g/mol. The number of nitro benzene ring substituents is 1. The molecule has 0 aliphatic heterocycles. The molecule has 0 heterocycles. The van der Waals surface area contributed by atoms with Gasteiger partial charge in [0.05, 0.1) is 4.92 Å². The van der Waals surface area contributed by atoms with Crippen LogP contribution in [0.25, 0.3) is 0 Å². The van der Waals surface area contributed by atoms with Crippen molar-refractivity contribution in [2.75, 3.05) is 5.73 Å². The van der Waals surface area contributed by atoms with E-state index in [0.29, 0.717) is 5.56 Å². The van der Waals surface area contributed by atoms with Gasteiger partial charge in [-0.3, -0.25) is 14.9 Å². The number of carbonyl (C=O) groups excluding carboxylic acids is 1. The van der Waals surface area contributed by atoms with Crippen LogP contribution < -0.4 is 5.73 Å². The van der Waals surface area contributed by atoms with E-state index in [9.17, 15) is 14.9 Å². The second-order valence-electron chi connectivity index (χ2n) is 2.58. The highest BCUT2D eigenvalue weighted by Crippen LogP contribution is 2.19. The van der Waals surface area contributed by atoms with E-state index in [1.54, 1.807) is 0 Å². The molecule has 0 spiro atoms. The molecule has 0 fully saturated rings. The average molecular weight is 217 g/mol. The van der Waals surface area contributed by atoms with Crippen LogP contribution in [0.1, 0.15) is 17.3 Å². The van der Waals surface area contributed by atoms with Gasteiger partial charge in [0.15, 0.2) is 5.78 Å². The van der Waals surface area contributed by atoms with E-state index in [-0.39, 0.29) is 29.6 Å². The van der Waals surface area contributed by atoms with Crippen molar-refractivity contribution in [3.63, 3.8) is 0 Å². The molecule has 0 atom stereocenters. The molecule has 1 aromatic rings. The SMILES string of the molecule is CC(=O)c1ccc([N+](=O)[O-])cc1N.Cl. The fourth-order valence-electron chi connectivity index (χ4n) is 0.984. The lowest BCUT2D eigenvalue weighted by molar-refractivity contribution is -0.384. The van der Waals surface area contributed by atoms with Crippen molar-refractivity contribution >= 4 is 29.6 Å². The number of halogens is 1. The van der Waals surface area contributed by atoms with Crippen molar-refractivity contribution in [3.8, 4) is 0 Å². The summed E-state index contributed by atoms with van der Waals surface area (Å²) in [6.07, 6.45) is 0. The highest BCUT2D eigenvalue weighted by Gasteiger charge is 2.10. The van der Waals surface area contributed by atoms with Gasteiger partial charge in [-0.2, -0.15) is 0 Å². The molecule has 5 nitrogen and oxygen atoms in total. The summed E-state index contributed by atoms with van der Waals surface area (Å²) in [5, 5.41) is 10.3. The molecular weight excluding hydrogens is 208 g/mol. The lowest BCUT2D eigenvalue weighted by atomic mass is 10.1. The summed E-state index contributed by atoms with van der Waals surface area (Å²) in [7, 11) is 0. The Labute approximate surface area is 86.5 Å². The maximum Gasteiger partial charge on any atom is 0.271 e. The zero-order chi connectivity index (χ0) is 10.0. The second kappa shape index (κ2) is 4.57. The number of anilines is 1. The average Bonchev–Trinajstić information content (AvgIpc) is 2.03. The van der Waals surface area contributed by atoms with Crippen LogP contribution in [-0.2, 0) is 0 Å². The van der Waals surface area contributed by atoms with E-state index >= 15 is 0 Å². The van der Waals surface area contributed by atoms with Crippen molar-refractivity contribution in [2.45, 2.75) is 6.92 Å². The Morgan fingerprint density at radius 3 is 2.43 bits per heavy atom. The number of carbonyl (C=O) groups is 1. The van der Waals surface area contributed by atoms with Gasteiger partial charge in [0.25, 0.3) is 5.69 Å². The number of hydrogen-bond donors (Lipinski definition) is 1. The van der Waals surface area contributed by atoms with Gasteiger partial charge in [0, 0.05) is 23.4 Å². The number of nitrogens with two attached hydrogens (primary N) is 1. The highest BCUT2D eigenvalue weighted by molar-refractivity contribution is 5.99. The fourth-order valence-corrected chi connectivity index (χ4v) is 0.984. The molecule has 2 N–H and O–H groups in total. The summed E-state index contributed by atoms with van der Waals surface area (Å²) in [4.78, 5) is 20.6. The number of nitro groups is 1. The van der Waals surface area contributed by atoms with Crippen LogP contribution in [0, 0.1) is 10.1 Å². The molecule has 0 radical (unpaired) electrons. The van der Waals surface area contributed by atoms with E-state index in [4.69, 9.17) is 5.73 Å². The van der Waals surface area contributed by atoms with Crippen LogP contribution in [0.2, 0.25) is 0 Å². The maximum absolute atomic E-state index is 10.9. The zero-order valence-electron chi connectivity index (χ0n) is 7.39. The molecule has 0 aromatic heterocycles.